The van der Waals surface area contributed by atoms with E-state index in [2.05, 4.69) is 0 Å². The van der Waals surface area contributed by atoms with Gasteiger partial charge in [-0.25, -0.2) is 4.39 Å². The SMILES string of the molecule is CC(=O)c1ccc(OCc2cccc(F)c2)cc1N. The molecule has 2 rings (SSSR count). The Morgan fingerprint density at radius 2 is 2.05 bits per heavy atom. The zero-order valence-electron chi connectivity index (χ0n) is 10.5. The first-order chi connectivity index (χ1) is 9.06. The van der Waals surface area contributed by atoms with E-state index < -0.39 is 0 Å². The van der Waals surface area contributed by atoms with Crippen molar-refractivity contribution in [1.82, 2.24) is 0 Å². The Hall–Kier alpha value is -2.36. The number of ketones is 1. The van der Waals surface area contributed by atoms with Crippen LogP contribution in [0.1, 0.15) is 22.8 Å². The van der Waals surface area contributed by atoms with Gasteiger partial charge in [0.1, 0.15) is 18.2 Å². The number of ether oxygens (including phenoxy) is 1. The maximum absolute atomic E-state index is 13.0. The topological polar surface area (TPSA) is 52.3 Å². The third-order valence-corrected chi connectivity index (χ3v) is 2.70. The summed E-state index contributed by atoms with van der Waals surface area (Å²) in [7, 11) is 0. The maximum Gasteiger partial charge on any atom is 0.161 e. The molecule has 0 fully saturated rings. The van der Waals surface area contributed by atoms with Crippen LogP contribution >= 0.6 is 0 Å². The highest BCUT2D eigenvalue weighted by Gasteiger charge is 2.06. The van der Waals surface area contributed by atoms with E-state index in [1.165, 1.54) is 19.1 Å². The first-order valence-electron chi connectivity index (χ1n) is 5.84. The van der Waals surface area contributed by atoms with Gasteiger partial charge in [-0.1, -0.05) is 12.1 Å². The van der Waals surface area contributed by atoms with Crippen molar-refractivity contribution in [2.45, 2.75) is 13.5 Å². The van der Waals surface area contributed by atoms with Gasteiger partial charge in [0, 0.05) is 17.3 Å². The van der Waals surface area contributed by atoms with Gasteiger partial charge in [-0.3, -0.25) is 4.79 Å². The molecule has 0 aliphatic rings. The molecule has 0 spiro atoms. The number of carbonyl (C=O) groups excluding carboxylic acids is 1. The van der Waals surface area contributed by atoms with E-state index >= 15 is 0 Å². The lowest BCUT2D eigenvalue weighted by atomic mass is 10.1. The van der Waals surface area contributed by atoms with E-state index in [1.54, 1.807) is 30.3 Å². The zero-order chi connectivity index (χ0) is 13.8. The van der Waals surface area contributed by atoms with Crippen molar-refractivity contribution in [3.8, 4) is 5.75 Å². The molecule has 0 saturated heterocycles. The summed E-state index contributed by atoms with van der Waals surface area (Å²) in [6.07, 6.45) is 0. The fourth-order valence-corrected chi connectivity index (χ4v) is 1.74. The van der Waals surface area contributed by atoms with Gasteiger partial charge < -0.3 is 10.5 Å². The maximum atomic E-state index is 13.0. The monoisotopic (exact) mass is 259 g/mol. The highest BCUT2D eigenvalue weighted by atomic mass is 19.1. The van der Waals surface area contributed by atoms with Crippen LogP contribution in [0.2, 0.25) is 0 Å². The minimum atomic E-state index is -0.299. The lowest BCUT2D eigenvalue weighted by molar-refractivity contribution is 0.101. The van der Waals surface area contributed by atoms with E-state index in [9.17, 15) is 9.18 Å². The van der Waals surface area contributed by atoms with Crippen LogP contribution in [-0.2, 0) is 6.61 Å². The molecule has 2 aromatic carbocycles. The Kier molecular flexibility index (Phi) is 3.80. The molecule has 3 nitrogen and oxygen atoms in total. The second kappa shape index (κ2) is 5.52. The van der Waals surface area contributed by atoms with Gasteiger partial charge in [0.2, 0.25) is 0 Å². The molecule has 2 aromatic rings. The summed E-state index contributed by atoms with van der Waals surface area (Å²) in [4.78, 5) is 11.2. The zero-order valence-corrected chi connectivity index (χ0v) is 10.5. The predicted octanol–water partition coefficient (Wildman–Crippen LogP) is 3.19. The van der Waals surface area contributed by atoms with Gasteiger partial charge in [0.15, 0.2) is 5.78 Å². The van der Waals surface area contributed by atoms with Gasteiger partial charge in [-0.2, -0.15) is 0 Å². The molecule has 0 unspecified atom stereocenters. The molecule has 4 heteroatoms. The van der Waals surface area contributed by atoms with Crippen LogP contribution in [0.15, 0.2) is 42.5 Å². The van der Waals surface area contributed by atoms with Crippen molar-refractivity contribution < 1.29 is 13.9 Å². The lowest BCUT2D eigenvalue weighted by Crippen LogP contribution is -2.01. The summed E-state index contributed by atoms with van der Waals surface area (Å²) in [5.41, 5.74) is 7.33. The molecule has 0 amide bonds. The van der Waals surface area contributed by atoms with Crippen molar-refractivity contribution >= 4 is 11.5 Å². The van der Waals surface area contributed by atoms with Gasteiger partial charge in [-0.15, -0.1) is 0 Å². The number of benzene rings is 2. The molecule has 0 saturated carbocycles. The van der Waals surface area contributed by atoms with E-state index in [0.717, 1.165) is 5.56 Å². The van der Waals surface area contributed by atoms with E-state index in [1.807, 2.05) is 0 Å². The second-order valence-corrected chi connectivity index (χ2v) is 4.22. The summed E-state index contributed by atoms with van der Waals surface area (Å²) in [5.74, 6) is 0.161. The number of hydrogen-bond acceptors (Lipinski definition) is 3. The number of anilines is 1. The quantitative estimate of drug-likeness (QED) is 0.677. The Morgan fingerprint density at radius 3 is 2.68 bits per heavy atom. The first kappa shape index (κ1) is 13.1. The smallest absolute Gasteiger partial charge is 0.161 e. The standard InChI is InChI=1S/C15H14FNO2/c1-10(18)14-6-5-13(8-15(14)17)19-9-11-3-2-4-12(16)7-11/h2-8H,9,17H2,1H3. The molecule has 0 radical (unpaired) electrons. The Labute approximate surface area is 110 Å². The number of hydrogen-bond donors (Lipinski definition) is 1. The molecule has 0 bridgehead atoms. The summed E-state index contributed by atoms with van der Waals surface area (Å²) < 4.78 is 18.5. The van der Waals surface area contributed by atoms with Crippen LogP contribution in [0, 0.1) is 5.82 Å². The molecule has 0 atom stereocenters. The number of nitrogens with two attached hydrogens (primary N) is 1. The number of carbonyl (C=O) groups is 1. The van der Waals surface area contributed by atoms with Gasteiger partial charge in [0.05, 0.1) is 0 Å². The molecule has 0 aliphatic heterocycles. The van der Waals surface area contributed by atoms with Crippen LogP contribution in [0.4, 0.5) is 10.1 Å². The Morgan fingerprint density at radius 1 is 1.26 bits per heavy atom. The van der Waals surface area contributed by atoms with E-state index in [4.69, 9.17) is 10.5 Å². The fraction of sp³-hybridized carbons (Fsp3) is 0.133. The average Bonchev–Trinajstić information content (AvgIpc) is 2.36. The summed E-state index contributed by atoms with van der Waals surface area (Å²) >= 11 is 0. The largest absolute Gasteiger partial charge is 0.489 e. The number of halogens is 1. The van der Waals surface area contributed by atoms with E-state index in [0.29, 0.717) is 17.0 Å². The number of rotatable bonds is 4. The molecule has 2 N–H and O–H groups in total. The highest BCUT2D eigenvalue weighted by molar-refractivity contribution is 5.99. The number of nitrogen functional groups attached to an aromatic ring is 1. The Balaban J connectivity index is 2.08. The average molecular weight is 259 g/mol. The molecular formula is C15H14FNO2. The van der Waals surface area contributed by atoms with Crippen molar-refractivity contribution in [3.05, 3.63) is 59.4 Å². The lowest BCUT2D eigenvalue weighted by Gasteiger charge is -2.09. The van der Waals surface area contributed by atoms with Crippen molar-refractivity contribution in [1.29, 1.82) is 0 Å². The van der Waals surface area contributed by atoms with Crippen LogP contribution < -0.4 is 10.5 Å². The molecule has 0 heterocycles. The van der Waals surface area contributed by atoms with Crippen molar-refractivity contribution in [2.75, 3.05) is 5.73 Å². The van der Waals surface area contributed by atoms with E-state index in [-0.39, 0.29) is 18.2 Å². The molecule has 19 heavy (non-hydrogen) atoms. The third-order valence-electron chi connectivity index (χ3n) is 2.70. The van der Waals surface area contributed by atoms with Crippen LogP contribution in [0.3, 0.4) is 0 Å². The summed E-state index contributed by atoms with van der Waals surface area (Å²) in [5, 5.41) is 0. The molecular weight excluding hydrogens is 245 g/mol. The van der Waals surface area contributed by atoms with Gasteiger partial charge >= 0.3 is 0 Å². The van der Waals surface area contributed by atoms with Gasteiger partial charge in [0.25, 0.3) is 0 Å². The summed E-state index contributed by atoms with van der Waals surface area (Å²) in [6, 6.07) is 11.1. The predicted molar refractivity (Wildman–Crippen MR) is 71.6 cm³/mol. The number of Topliss-reactive ketones (excluding diaryl/α,β-unsaturated/α-hetero) is 1. The van der Waals surface area contributed by atoms with Gasteiger partial charge in [-0.05, 0) is 36.8 Å². The van der Waals surface area contributed by atoms with Crippen LogP contribution in [-0.4, -0.2) is 5.78 Å². The molecule has 0 aliphatic carbocycles. The fourth-order valence-electron chi connectivity index (χ4n) is 1.74. The van der Waals surface area contributed by atoms with Crippen LogP contribution in [0.25, 0.3) is 0 Å². The minimum absolute atomic E-state index is 0.0887. The van der Waals surface area contributed by atoms with Crippen molar-refractivity contribution in [3.63, 3.8) is 0 Å². The second-order valence-electron chi connectivity index (χ2n) is 4.22. The summed E-state index contributed by atoms with van der Waals surface area (Å²) in [6.45, 7) is 1.70. The molecule has 98 valence electrons. The molecule has 0 aromatic heterocycles. The normalized spacial score (nSPS) is 10.2. The van der Waals surface area contributed by atoms with Crippen molar-refractivity contribution in [2.24, 2.45) is 0 Å². The highest BCUT2D eigenvalue weighted by Crippen LogP contribution is 2.21. The minimum Gasteiger partial charge on any atom is -0.489 e. The van der Waals surface area contributed by atoms with Crippen LogP contribution in [0.5, 0.6) is 5.75 Å². The third kappa shape index (κ3) is 3.31. The Bertz CT molecular complexity index is 611. The first-order valence-corrected chi connectivity index (χ1v) is 5.84.